The number of thiol groups is 1. The molecule has 1 heterocycles. The Morgan fingerprint density at radius 3 is 2.02 bits per heavy atom. The van der Waals surface area contributed by atoms with E-state index in [2.05, 4.69) is 76.2 Å². The summed E-state index contributed by atoms with van der Waals surface area (Å²) in [7, 11) is 0. The minimum Gasteiger partial charge on any atom is -0.299 e. The van der Waals surface area contributed by atoms with Crippen LogP contribution in [-0.2, 0) is 4.79 Å². The van der Waals surface area contributed by atoms with Crippen LogP contribution in [0.2, 0.25) is 0 Å². The Kier molecular flexibility index (Phi) is 24.3. The zero-order valence-electron chi connectivity index (χ0n) is 32.6. The van der Waals surface area contributed by atoms with Gasteiger partial charge in [-0.15, -0.1) is 6.58 Å². The topological polar surface area (TPSA) is 20.3 Å². The van der Waals surface area contributed by atoms with Gasteiger partial charge in [-0.05, 0) is 132 Å². The maximum Gasteiger partial charge on any atom is 0.136 e. The van der Waals surface area contributed by atoms with E-state index in [0.29, 0.717) is 29.5 Å². The number of hydrogen-bond acceptors (Lipinski definition) is 3. The summed E-state index contributed by atoms with van der Waals surface area (Å²) in [6.07, 6.45) is 39.0. The van der Waals surface area contributed by atoms with Crippen LogP contribution >= 0.6 is 12.8 Å². The molecule has 0 spiro atoms. The van der Waals surface area contributed by atoms with E-state index >= 15 is 0 Å². The molecule has 0 radical (unpaired) electrons. The van der Waals surface area contributed by atoms with Crippen molar-refractivity contribution in [3.63, 3.8) is 0 Å². The van der Waals surface area contributed by atoms with Crippen LogP contribution in [0.5, 0.6) is 0 Å². The van der Waals surface area contributed by atoms with Crippen molar-refractivity contribution in [2.24, 2.45) is 41.4 Å². The molecule has 5 unspecified atom stereocenters. The Hall–Kier alpha value is -0.800. The maximum absolute atomic E-state index is 13.3. The van der Waals surface area contributed by atoms with Crippen molar-refractivity contribution in [3.05, 3.63) is 37.0 Å². The summed E-state index contributed by atoms with van der Waals surface area (Å²) in [5.74, 6) is 4.91. The van der Waals surface area contributed by atoms with Crippen LogP contribution in [0.3, 0.4) is 0 Å². The molecule has 3 heteroatoms. The van der Waals surface area contributed by atoms with E-state index in [1.807, 2.05) is 0 Å². The normalized spacial score (nSPS) is 22.1. The van der Waals surface area contributed by atoms with Crippen molar-refractivity contribution >= 4 is 18.6 Å². The molecule has 0 aromatic carbocycles. The lowest BCUT2D eigenvalue weighted by molar-refractivity contribution is -0.125. The third-order valence-electron chi connectivity index (χ3n) is 12.1. The molecule has 2 rings (SSSR count). The summed E-state index contributed by atoms with van der Waals surface area (Å²) in [5, 5.41) is 0. The summed E-state index contributed by atoms with van der Waals surface area (Å²) in [6.45, 7) is 20.1. The second-order valence-corrected chi connectivity index (χ2v) is 17.2. The van der Waals surface area contributed by atoms with Gasteiger partial charge >= 0.3 is 0 Å². The number of rotatable bonds is 29. The van der Waals surface area contributed by atoms with Crippen molar-refractivity contribution in [2.45, 2.75) is 188 Å². The van der Waals surface area contributed by atoms with E-state index in [9.17, 15) is 4.79 Å². The van der Waals surface area contributed by atoms with Crippen LogP contribution in [0.15, 0.2) is 37.0 Å². The number of Topliss-reactive ketones (excluding diaryl/α,β-unsaturated/α-hetero) is 1. The average molecular weight is 684 g/mol. The number of piperidine rings is 1. The number of nitrogens with zero attached hydrogens (tertiary/aromatic N) is 1. The first-order chi connectivity index (χ1) is 23.3. The van der Waals surface area contributed by atoms with Gasteiger partial charge in [0, 0.05) is 25.4 Å². The molecule has 1 saturated heterocycles. The lowest BCUT2D eigenvalue weighted by Gasteiger charge is -2.31. The van der Waals surface area contributed by atoms with E-state index in [0.717, 1.165) is 44.2 Å². The highest BCUT2D eigenvalue weighted by Crippen LogP contribution is 2.47. The van der Waals surface area contributed by atoms with E-state index in [-0.39, 0.29) is 5.92 Å². The Balaban J connectivity index is 1.63. The fourth-order valence-electron chi connectivity index (χ4n) is 8.90. The molecule has 0 aromatic heterocycles. The highest BCUT2D eigenvalue weighted by Gasteiger charge is 2.39. The zero-order valence-corrected chi connectivity index (χ0v) is 33.5. The van der Waals surface area contributed by atoms with Crippen LogP contribution in [-0.4, -0.2) is 23.2 Å². The number of carbonyl (C=O) groups is 1. The van der Waals surface area contributed by atoms with Crippen molar-refractivity contribution in [1.82, 2.24) is 4.31 Å². The van der Waals surface area contributed by atoms with Gasteiger partial charge < -0.3 is 0 Å². The van der Waals surface area contributed by atoms with Crippen molar-refractivity contribution in [2.75, 3.05) is 13.1 Å². The molecule has 1 aliphatic heterocycles. The van der Waals surface area contributed by atoms with Gasteiger partial charge in [-0.1, -0.05) is 129 Å². The predicted octanol–water partition coefficient (Wildman–Crippen LogP) is 14.2. The maximum atomic E-state index is 13.3. The lowest BCUT2D eigenvalue weighted by atomic mass is 9.75. The van der Waals surface area contributed by atoms with E-state index in [4.69, 9.17) is 0 Å². The molecule has 0 N–H and O–H groups in total. The molecule has 5 atom stereocenters. The van der Waals surface area contributed by atoms with Crippen LogP contribution in [0.4, 0.5) is 0 Å². The molecule has 2 nitrogen and oxygen atoms in total. The standard InChI is InChI=1S/C45H81NOS/c1-7-10-11-12-13-14-15-16-17-18-19-20-21-22-23-24-38(6)25-26-39(8-2)34-40(9-3)35-42-27-28-43(44(42)33-37(4)5)36-45(47)41-29-31-46(48)32-30-41/h9,16-17,37,39-44,48H,3,6-8,10-15,18-36H2,1-2,4-5H3/b17-16-. The van der Waals surface area contributed by atoms with Crippen LogP contribution < -0.4 is 0 Å². The molecular formula is C45H81NOS. The van der Waals surface area contributed by atoms with E-state index in [1.54, 1.807) is 0 Å². The quantitative estimate of drug-likeness (QED) is 0.0481. The first kappa shape index (κ1) is 43.4. The van der Waals surface area contributed by atoms with Gasteiger partial charge in [0.05, 0.1) is 0 Å². The average Bonchev–Trinajstić information content (AvgIpc) is 3.43. The van der Waals surface area contributed by atoms with E-state index < -0.39 is 0 Å². The summed E-state index contributed by atoms with van der Waals surface area (Å²) < 4.78 is 2.08. The highest BCUT2D eigenvalue weighted by atomic mass is 32.1. The summed E-state index contributed by atoms with van der Waals surface area (Å²) >= 11 is 4.50. The van der Waals surface area contributed by atoms with Gasteiger partial charge in [0.1, 0.15) is 5.78 Å². The molecule has 0 aromatic rings. The third-order valence-corrected chi connectivity index (χ3v) is 12.5. The summed E-state index contributed by atoms with van der Waals surface area (Å²) in [6, 6.07) is 0. The molecule has 0 bridgehead atoms. The molecule has 2 aliphatic rings. The molecule has 48 heavy (non-hydrogen) atoms. The van der Waals surface area contributed by atoms with Crippen LogP contribution in [0.1, 0.15) is 188 Å². The second kappa shape index (κ2) is 26.9. The zero-order chi connectivity index (χ0) is 35.0. The van der Waals surface area contributed by atoms with Gasteiger partial charge in [-0.3, -0.25) is 9.10 Å². The monoisotopic (exact) mass is 684 g/mol. The molecule has 1 aliphatic carbocycles. The number of unbranched alkanes of at least 4 members (excludes halogenated alkanes) is 11. The molecular weight excluding hydrogens is 603 g/mol. The Labute approximate surface area is 306 Å². The van der Waals surface area contributed by atoms with Crippen LogP contribution in [0, 0.1) is 41.4 Å². The lowest BCUT2D eigenvalue weighted by Crippen LogP contribution is -2.32. The first-order valence-corrected chi connectivity index (χ1v) is 21.6. The fourth-order valence-corrected chi connectivity index (χ4v) is 9.13. The summed E-state index contributed by atoms with van der Waals surface area (Å²) in [5.41, 5.74) is 1.47. The smallest absolute Gasteiger partial charge is 0.136 e. The second-order valence-electron chi connectivity index (χ2n) is 16.7. The minimum atomic E-state index is 0.269. The Morgan fingerprint density at radius 2 is 1.42 bits per heavy atom. The Bertz CT molecular complexity index is 870. The summed E-state index contributed by atoms with van der Waals surface area (Å²) in [4.78, 5) is 13.3. The molecule has 2 fully saturated rings. The fraction of sp³-hybridized carbons (Fsp3) is 0.844. The SMILES string of the molecule is C=CC(CC(CC)CCC(=C)CCCCCCC/C=C\CCCCCCCC)CC1CCC(CC(=O)C2CCN(S)CC2)C1CC(C)C. The van der Waals surface area contributed by atoms with Gasteiger partial charge in [0.25, 0.3) is 0 Å². The Morgan fingerprint density at radius 1 is 0.812 bits per heavy atom. The third kappa shape index (κ3) is 19.0. The van der Waals surface area contributed by atoms with Crippen molar-refractivity contribution < 1.29 is 4.79 Å². The van der Waals surface area contributed by atoms with Gasteiger partial charge in [-0.2, -0.15) is 0 Å². The number of carbonyl (C=O) groups excluding carboxylic acids is 1. The molecule has 0 amide bonds. The molecule has 1 saturated carbocycles. The van der Waals surface area contributed by atoms with Crippen LogP contribution in [0.25, 0.3) is 0 Å². The van der Waals surface area contributed by atoms with Gasteiger partial charge in [-0.25, -0.2) is 0 Å². The highest BCUT2D eigenvalue weighted by molar-refractivity contribution is 7.77. The molecule has 278 valence electrons. The van der Waals surface area contributed by atoms with Gasteiger partial charge in [0.2, 0.25) is 0 Å². The minimum absolute atomic E-state index is 0.269. The number of ketones is 1. The number of allylic oxidation sites excluding steroid dienone is 4. The predicted molar refractivity (Wildman–Crippen MR) is 217 cm³/mol. The van der Waals surface area contributed by atoms with Gasteiger partial charge in [0.15, 0.2) is 0 Å². The first-order valence-electron chi connectivity index (χ1n) is 21.2. The number of hydrogen-bond donors (Lipinski definition) is 1. The van der Waals surface area contributed by atoms with Crippen molar-refractivity contribution in [1.29, 1.82) is 0 Å². The van der Waals surface area contributed by atoms with E-state index in [1.165, 1.54) is 147 Å². The largest absolute Gasteiger partial charge is 0.299 e. The van der Waals surface area contributed by atoms with Crippen molar-refractivity contribution in [3.8, 4) is 0 Å².